The largest absolute Gasteiger partial charge is 0.383 e. The highest BCUT2D eigenvalue weighted by molar-refractivity contribution is 7.89. The fourth-order valence-electron chi connectivity index (χ4n) is 4.04. The van der Waals surface area contributed by atoms with Gasteiger partial charge in [0.15, 0.2) is 0 Å². The predicted octanol–water partition coefficient (Wildman–Crippen LogP) is 3.88. The summed E-state index contributed by atoms with van der Waals surface area (Å²) < 4.78 is 25.5. The smallest absolute Gasteiger partial charge is 0.256 e. The van der Waals surface area contributed by atoms with Crippen molar-refractivity contribution in [2.24, 2.45) is 5.14 Å². The van der Waals surface area contributed by atoms with E-state index in [0.29, 0.717) is 28.3 Å². The first-order valence-electron chi connectivity index (χ1n) is 11.0. The number of amides is 1. The number of nitrogens with one attached hydrogen (secondary N) is 1. The van der Waals surface area contributed by atoms with Crippen LogP contribution in [0.25, 0.3) is 27.6 Å². The number of benzene rings is 3. The van der Waals surface area contributed by atoms with Crippen molar-refractivity contribution in [3.63, 3.8) is 0 Å². The molecule has 0 saturated carbocycles. The summed E-state index contributed by atoms with van der Waals surface area (Å²) in [6.45, 7) is 1.83. The minimum Gasteiger partial charge on any atom is -0.383 e. The van der Waals surface area contributed by atoms with Gasteiger partial charge < -0.3 is 11.1 Å². The van der Waals surface area contributed by atoms with E-state index >= 15 is 0 Å². The normalized spacial score (nSPS) is 11.5. The van der Waals surface area contributed by atoms with Crippen molar-refractivity contribution >= 4 is 38.3 Å². The molecule has 1 amide bonds. The van der Waals surface area contributed by atoms with Crippen LogP contribution in [-0.4, -0.2) is 29.1 Å². The van der Waals surface area contributed by atoms with Crippen LogP contribution in [0.15, 0.2) is 90.0 Å². The Morgan fingerprint density at radius 3 is 2.47 bits per heavy atom. The number of aromatic nitrogens is 3. The number of carbonyl (C=O) groups excluding carboxylic acids is 1. The van der Waals surface area contributed by atoms with Crippen LogP contribution >= 0.6 is 0 Å². The number of rotatable bonds is 5. The number of nitrogens with zero attached hydrogens (tertiary/aromatic N) is 3. The van der Waals surface area contributed by atoms with Gasteiger partial charge in [0.25, 0.3) is 5.91 Å². The van der Waals surface area contributed by atoms with Crippen molar-refractivity contribution in [3.8, 4) is 16.8 Å². The highest BCUT2D eigenvalue weighted by atomic mass is 32.2. The molecule has 0 spiro atoms. The number of aryl methyl sites for hydroxylation is 1. The number of nitrogens with two attached hydrogens (primary N) is 2. The van der Waals surface area contributed by atoms with Crippen LogP contribution in [0.3, 0.4) is 0 Å². The van der Waals surface area contributed by atoms with Crippen LogP contribution in [0.2, 0.25) is 0 Å². The van der Waals surface area contributed by atoms with Gasteiger partial charge in [0.1, 0.15) is 11.6 Å². The molecule has 5 aromatic rings. The van der Waals surface area contributed by atoms with Gasteiger partial charge in [-0.2, -0.15) is 5.10 Å². The molecule has 5 rings (SSSR count). The Bertz CT molecular complexity index is 1730. The topological polar surface area (TPSA) is 146 Å². The van der Waals surface area contributed by atoms with Crippen molar-refractivity contribution in [3.05, 3.63) is 96.3 Å². The van der Waals surface area contributed by atoms with E-state index in [4.69, 9.17) is 10.9 Å². The number of pyridine rings is 1. The molecular formula is C26H22N6O3S. The molecule has 5 N–H and O–H groups in total. The first-order valence-corrected chi connectivity index (χ1v) is 12.5. The van der Waals surface area contributed by atoms with Crippen LogP contribution < -0.4 is 16.2 Å². The zero-order valence-corrected chi connectivity index (χ0v) is 20.0. The Morgan fingerprint density at radius 1 is 0.972 bits per heavy atom. The third-order valence-electron chi connectivity index (χ3n) is 5.75. The van der Waals surface area contributed by atoms with Gasteiger partial charge in [-0.05, 0) is 54.3 Å². The lowest BCUT2D eigenvalue weighted by molar-refractivity contribution is 0.102. The van der Waals surface area contributed by atoms with Crippen LogP contribution in [-0.2, 0) is 10.0 Å². The lowest BCUT2D eigenvalue weighted by Crippen LogP contribution is -2.15. The van der Waals surface area contributed by atoms with E-state index in [1.54, 1.807) is 59.4 Å². The van der Waals surface area contributed by atoms with Gasteiger partial charge in [-0.3, -0.25) is 4.79 Å². The fourth-order valence-corrected chi connectivity index (χ4v) is 4.80. The number of hydrogen-bond donors (Lipinski definition) is 3. The fraction of sp³-hybridized carbons (Fsp3) is 0.0385. The van der Waals surface area contributed by atoms with Crippen LogP contribution in [0.5, 0.6) is 0 Å². The molecule has 3 aromatic carbocycles. The zero-order chi connectivity index (χ0) is 25.4. The third kappa shape index (κ3) is 4.42. The van der Waals surface area contributed by atoms with Gasteiger partial charge in [0.05, 0.1) is 16.3 Å². The van der Waals surface area contributed by atoms with Crippen LogP contribution in [0.1, 0.15) is 16.1 Å². The molecule has 9 nitrogen and oxygen atoms in total. The maximum absolute atomic E-state index is 13.0. The van der Waals surface area contributed by atoms with Crippen LogP contribution in [0, 0.1) is 6.92 Å². The average Bonchev–Trinajstić information content (AvgIpc) is 3.23. The van der Waals surface area contributed by atoms with Gasteiger partial charge in [-0.15, -0.1) is 0 Å². The number of hydrogen-bond acceptors (Lipinski definition) is 6. The first-order chi connectivity index (χ1) is 17.2. The molecule has 0 atom stereocenters. The summed E-state index contributed by atoms with van der Waals surface area (Å²) in [6.07, 6.45) is 1.65. The van der Waals surface area contributed by atoms with Gasteiger partial charge in [0, 0.05) is 28.8 Å². The average molecular weight is 499 g/mol. The maximum atomic E-state index is 13.0. The van der Waals surface area contributed by atoms with E-state index in [1.165, 1.54) is 6.07 Å². The molecule has 0 saturated heterocycles. The van der Waals surface area contributed by atoms with E-state index in [9.17, 15) is 13.2 Å². The SMILES string of the molecule is Cc1cc(NC(=O)c2ccc(-c3ccccc3S(N)(=O)=O)cc2)n(-c2ccc3ccnc(N)c3c2)n1. The lowest BCUT2D eigenvalue weighted by Gasteiger charge is -2.11. The molecular weight excluding hydrogens is 476 g/mol. The van der Waals surface area contributed by atoms with Crippen molar-refractivity contribution < 1.29 is 13.2 Å². The van der Waals surface area contributed by atoms with E-state index in [0.717, 1.165) is 22.2 Å². The molecule has 0 aliphatic rings. The van der Waals surface area contributed by atoms with Crippen molar-refractivity contribution in [2.75, 3.05) is 11.1 Å². The summed E-state index contributed by atoms with van der Waals surface area (Å²) in [7, 11) is -3.89. The summed E-state index contributed by atoms with van der Waals surface area (Å²) in [6, 6.07) is 22.4. The quantitative estimate of drug-likeness (QED) is 0.335. The Labute approximate surface area is 207 Å². The number of sulfonamides is 1. The second-order valence-corrected chi connectivity index (χ2v) is 9.79. The summed E-state index contributed by atoms with van der Waals surface area (Å²) in [5, 5.41) is 14.5. The zero-order valence-electron chi connectivity index (χ0n) is 19.2. The Kier molecular flexibility index (Phi) is 5.75. The summed E-state index contributed by atoms with van der Waals surface area (Å²) in [5.74, 6) is 0.556. The predicted molar refractivity (Wildman–Crippen MR) is 139 cm³/mol. The van der Waals surface area contributed by atoms with Gasteiger partial charge in [-0.1, -0.05) is 36.4 Å². The monoisotopic (exact) mass is 498 g/mol. The molecule has 0 aliphatic heterocycles. The molecule has 10 heteroatoms. The Hall–Kier alpha value is -4.54. The minimum absolute atomic E-state index is 0.0211. The van der Waals surface area contributed by atoms with Crippen LogP contribution in [0.4, 0.5) is 11.6 Å². The molecule has 0 unspecified atom stereocenters. The van der Waals surface area contributed by atoms with E-state index in [-0.39, 0.29) is 10.8 Å². The number of fused-ring (bicyclic) bond motifs is 1. The van der Waals surface area contributed by atoms with Gasteiger partial charge in [-0.25, -0.2) is 23.2 Å². The maximum Gasteiger partial charge on any atom is 0.256 e. The molecule has 0 fully saturated rings. The number of carbonyl (C=O) groups is 1. The molecule has 0 bridgehead atoms. The van der Waals surface area contributed by atoms with E-state index in [2.05, 4.69) is 15.4 Å². The summed E-state index contributed by atoms with van der Waals surface area (Å²) in [4.78, 5) is 17.2. The first kappa shape index (κ1) is 23.2. The van der Waals surface area contributed by atoms with Crippen molar-refractivity contribution in [2.45, 2.75) is 11.8 Å². The van der Waals surface area contributed by atoms with Gasteiger partial charge in [0.2, 0.25) is 10.0 Å². The standard InChI is InChI=1S/C26H22N6O3S/c1-16-14-24(32(31-16)20-11-10-18-12-13-29-25(27)22(18)15-20)30-26(33)19-8-6-17(7-9-19)21-4-2-3-5-23(21)36(28,34)35/h2-15H,1H3,(H2,27,29)(H,30,33)(H2,28,34,35). The van der Waals surface area contributed by atoms with E-state index in [1.807, 2.05) is 31.2 Å². The molecule has 2 aromatic heterocycles. The lowest BCUT2D eigenvalue weighted by atomic mass is 10.0. The highest BCUT2D eigenvalue weighted by Gasteiger charge is 2.16. The molecule has 0 radical (unpaired) electrons. The minimum atomic E-state index is -3.89. The molecule has 2 heterocycles. The van der Waals surface area contributed by atoms with Crippen molar-refractivity contribution in [1.29, 1.82) is 0 Å². The second-order valence-electron chi connectivity index (χ2n) is 8.26. The molecule has 180 valence electrons. The summed E-state index contributed by atoms with van der Waals surface area (Å²) >= 11 is 0. The second kappa shape index (κ2) is 8.91. The highest BCUT2D eigenvalue weighted by Crippen LogP contribution is 2.28. The molecule has 36 heavy (non-hydrogen) atoms. The van der Waals surface area contributed by atoms with E-state index < -0.39 is 10.0 Å². The van der Waals surface area contributed by atoms with Gasteiger partial charge >= 0.3 is 0 Å². The Balaban J connectivity index is 1.44. The Morgan fingerprint density at radius 2 is 1.72 bits per heavy atom. The summed E-state index contributed by atoms with van der Waals surface area (Å²) in [5.41, 5.74) is 8.96. The third-order valence-corrected chi connectivity index (χ3v) is 6.72. The number of anilines is 2. The molecule has 0 aliphatic carbocycles. The van der Waals surface area contributed by atoms with Crippen molar-refractivity contribution in [1.82, 2.24) is 14.8 Å². The number of primary sulfonamides is 1. The number of nitrogen functional groups attached to an aromatic ring is 1.